The number of methoxy groups -OCH3 is 1. The van der Waals surface area contributed by atoms with Crippen LogP contribution in [0.2, 0.25) is 0 Å². The summed E-state index contributed by atoms with van der Waals surface area (Å²) in [6.07, 6.45) is 1.67. The highest BCUT2D eigenvalue weighted by molar-refractivity contribution is 7.90. The van der Waals surface area contributed by atoms with E-state index in [0.717, 1.165) is 51.8 Å². The first-order valence-corrected chi connectivity index (χ1v) is 18.2. The number of nitrogens with one attached hydrogen (secondary N) is 2. The topological polar surface area (TPSA) is 129 Å². The van der Waals surface area contributed by atoms with Crippen LogP contribution >= 0.6 is 11.3 Å². The van der Waals surface area contributed by atoms with Gasteiger partial charge in [-0.1, -0.05) is 13.8 Å². The van der Waals surface area contributed by atoms with Crippen molar-refractivity contribution in [2.24, 2.45) is 5.92 Å². The first-order valence-electron chi connectivity index (χ1n) is 15.7. The number of nitrogens with zero attached hydrogens (tertiary/aromatic N) is 2. The Balaban J connectivity index is 0.000000302. The van der Waals surface area contributed by atoms with E-state index < -0.39 is 10.0 Å². The summed E-state index contributed by atoms with van der Waals surface area (Å²) in [5.74, 6) is 1.41. The van der Waals surface area contributed by atoms with Crippen molar-refractivity contribution in [1.29, 1.82) is 0 Å². The maximum atomic E-state index is 11.1. The minimum Gasteiger partial charge on any atom is -0.497 e. The molecule has 46 heavy (non-hydrogen) atoms. The van der Waals surface area contributed by atoms with E-state index in [4.69, 9.17) is 19.2 Å². The Morgan fingerprint density at radius 3 is 2.00 bits per heavy atom. The number of ether oxygens (including phenoxy) is 3. The van der Waals surface area contributed by atoms with Crippen LogP contribution in [0, 0.1) is 5.92 Å². The molecule has 0 aliphatic heterocycles. The quantitative estimate of drug-likeness (QED) is 0.218. The molecule has 2 N–H and O–H groups in total. The molecule has 2 aromatic heterocycles. The van der Waals surface area contributed by atoms with Crippen molar-refractivity contribution < 1.29 is 27.4 Å². The summed E-state index contributed by atoms with van der Waals surface area (Å²) in [5, 5.41) is 7.11. The molecule has 10 nitrogen and oxygen atoms in total. The highest BCUT2D eigenvalue weighted by Gasteiger charge is 2.35. The van der Waals surface area contributed by atoms with E-state index in [1.807, 2.05) is 98.9 Å². The third-order valence-corrected chi connectivity index (χ3v) is 8.74. The van der Waals surface area contributed by atoms with Crippen LogP contribution in [0.25, 0.3) is 22.3 Å². The van der Waals surface area contributed by atoms with Gasteiger partial charge in [-0.2, -0.15) is 0 Å². The summed E-state index contributed by atoms with van der Waals surface area (Å²) in [4.78, 5) is 20.4. The van der Waals surface area contributed by atoms with Gasteiger partial charge in [0.2, 0.25) is 10.0 Å². The summed E-state index contributed by atoms with van der Waals surface area (Å²) in [5.41, 5.74) is 1.80. The Morgan fingerprint density at radius 2 is 1.54 bits per heavy atom. The zero-order chi connectivity index (χ0) is 35.0. The number of sulfonamides is 1. The molecule has 1 fully saturated rings. The van der Waals surface area contributed by atoms with E-state index in [9.17, 15) is 13.2 Å². The number of carbonyl (C=O) groups excluding carboxylic acids is 1. The lowest BCUT2D eigenvalue weighted by atomic mass is 10.1. The van der Waals surface area contributed by atoms with Crippen LogP contribution in [-0.4, -0.2) is 60.0 Å². The van der Waals surface area contributed by atoms with Crippen molar-refractivity contribution in [2.75, 3.05) is 12.4 Å². The molecule has 0 spiro atoms. The number of fused-ring (bicyclic) bond motifs is 1. The predicted molar refractivity (Wildman–Crippen MR) is 189 cm³/mol. The zero-order valence-corrected chi connectivity index (χ0v) is 31.4. The molecule has 0 unspecified atom stereocenters. The Kier molecular flexibility index (Phi) is 13.8. The highest BCUT2D eigenvalue weighted by atomic mass is 32.2. The van der Waals surface area contributed by atoms with Crippen LogP contribution in [0.3, 0.4) is 0 Å². The summed E-state index contributed by atoms with van der Waals surface area (Å²) in [6.45, 7) is 23.2. The molecule has 0 radical (unpaired) electrons. The molecule has 0 bridgehead atoms. The van der Waals surface area contributed by atoms with Gasteiger partial charge in [0.25, 0.3) is 0 Å². The van der Waals surface area contributed by atoms with Gasteiger partial charge in [0.1, 0.15) is 28.4 Å². The van der Waals surface area contributed by atoms with Gasteiger partial charge in [-0.15, -0.1) is 11.3 Å². The number of thiazole rings is 1. The number of carbonyl (C=O) groups is 1. The third kappa shape index (κ3) is 13.8. The van der Waals surface area contributed by atoms with Crippen molar-refractivity contribution in [2.45, 2.75) is 124 Å². The second-order valence-electron chi connectivity index (χ2n) is 14.1. The standard InChI is InChI=1S/C20H25N3O2S.C8H16O2.C6H13NO2S/c1-12(2)21-19-23-17(11-26-19)16-10-18(25-20(3,4)5)14-8-7-13(24-6)9-15(14)22-16;1-6(2)7(9)10-8(3,4)5;1-5(2)7-10(8,9)6-3-4-6/h7-12H,1-6H3,(H,21,23);6H,1-5H3;5-7H,3-4H2,1-2H3. The van der Waals surface area contributed by atoms with Crippen molar-refractivity contribution in [3.8, 4) is 22.9 Å². The molecule has 1 aliphatic carbocycles. The number of aromatic nitrogens is 2. The lowest BCUT2D eigenvalue weighted by Crippen LogP contribution is -2.32. The summed E-state index contributed by atoms with van der Waals surface area (Å²) >= 11 is 1.58. The molecule has 2 heterocycles. The number of anilines is 1. The van der Waals surface area contributed by atoms with Crippen LogP contribution in [-0.2, 0) is 19.6 Å². The fraction of sp³-hybridized carbons (Fsp3) is 0.618. The second kappa shape index (κ2) is 16.2. The number of rotatable bonds is 9. The summed E-state index contributed by atoms with van der Waals surface area (Å²) in [6, 6.07) is 8.17. The fourth-order valence-electron chi connectivity index (χ4n) is 3.78. The lowest BCUT2D eigenvalue weighted by Gasteiger charge is -2.22. The van der Waals surface area contributed by atoms with E-state index in [-0.39, 0.29) is 34.4 Å². The molecule has 1 aromatic carbocycles. The van der Waals surface area contributed by atoms with Gasteiger partial charge < -0.3 is 19.5 Å². The second-order valence-corrected chi connectivity index (χ2v) is 17.0. The van der Waals surface area contributed by atoms with Crippen molar-refractivity contribution in [3.63, 3.8) is 0 Å². The van der Waals surface area contributed by atoms with Crippen LogP contribution < -0.4 is 19.5 Å². The van der Waals surface area contributed by atoms with Gasteiger partial charge in [0.15, 0.2) is 5.13 Å². The molecule has 0 saturated heterocycles. The molecule has 0 amide bonds. The molecule has 3 aromatic rings. The summed E-state index contributed by atoms with van der Waals surface area (Å²) in [7, 11) is -1.28. The number of hydrogen-bond donors (Lipinski definition) is 2. The van der Waals surface area contributed by atoms with Gasteiger partial charge in [-0.3, -0.25) is 4.79 Å². The fourth-order valence-corrected chi connectivity index (χ4v) is 6.23. The van der Waals surface area contributed by atoms with E-state index in [2.05, 4.69) is 28.9 Å². The van der Waals surface area contributed by atoms with Crippen LogP contribution in [0.15, 0.2) is 29.6 Å². The first-order chi connectivity index (χ1) is 21.1. The maximum absolute atomic E-state index is 11.1. The minimum absolute atomic E-state index is 0.0285. The smallest absolute Gasteiger partial charge is 0.308 e. The molecule has 258 valence electrons. The van der Waals surface area contributed by atoms with Gasteiger partial charge in [0, 0.05) is 35.0 Å². The molecule has 1 saturated carbocycles. The Morgan fingerprint density at radius 1 is 0.913 bits per heavy atom. The predicted octanol–water partition coefficient (Wildman–Crippen LogP) is 7.83. The van der Waals surface area contributed by atoms with Crippen LogP contribution in [0.1, 0.15) is 95.9 Å². The van der Waals surface area contributed by atoms with Gasteiger partial charge >= 0.3 is 5.97 Å². The van der Waals surface area contributed by atoms with Gasteiger partial charge in [-0.05, 0) is 94.2 Å². The Bertz CT molecular complexity index is 1530. The van der Waals surface area contributed by atoms with Crippen molar-refractivity contribution in [1.82, 2.24) is 14.7 Å². The number of hydrogen-bond acceptors (Lipinski definition) is 10. The summed E-state index contributed by atoms with van der Waals surface area (Å²) < 4.78 is 41.4. The molecular formula is C34H54N4O6S2. The van der Waals surface area contributed by atoms with E-state index in [1.165, 1.54) is 0 Å². The molecule has 1 aliphatic rings. The van der Waals surface area contributed by atoms with E-state index >= 15 is 0 Å². The third-order valence-electron chi connectivity index (χ3n) is 5.82. The minimum atomic E-state index is -2.94. The molecular weight excluding hydrogens is 625 g/mol. The lowest BCUT2D eigenvalue weighted by molar-refractivity contribution is -0.158. The van der Waals surface area contributed by atoms with Gasteiger partial charge in [0.05, 0.1) is 29.5 Å². The highest BCUT2D eigenvalue weighted by Crippen LogP contribution is 2.35. The largest absolute Gasteiger partial charge is 0.497 e. The van der Waals surface area contributed by atoms with Crippen LogP contribution in [0.5, 0.6) is 11.5 Å². The molecule has 12 heteroatoms. The van der Waals surface area contributed by atoms with Crippen molar-refractivity contribution >= 4 is 43.4 Å². The monoisotopic (exact) mass is 678 g/mol. The number of benzene rings is 1. The molecule has 4 rings (SSSR count). The van der Waals surface area contributed by atoms with Crippen molar-refractivity contribution in [3.05, 3.63) is 29.6 Å². The number of pyridine rings is 1. The Hall–Kier alpha value is -2.96. The zero-order valence-electron chi connectivity index (χ0n) is 29.8. The van der Waals surface area contributed by atoms with E-state index in [1.54, 1.807) is 18.4 Å². The average molecular weight is 679 g/mol. The SMILES string of the molecule is CC(C)C(=O)OC(C)(C)C.CC(C)NS(=O)(=O)C1CC1.COc1ccc2c(OC(C)(C)C)cc(-c3csc(NC(C)C)n3)nc2c1. The van der Waals surface area contributed by atoms with E-state index in [0.29, 0.717) is 6.04 Å². The normalized spacial score (nSPS) is 13.6. The maximum Gasteiger partial charge on any atom is 0.308 e. The van der Waals surface area contributed by atoms with Crippen LogP contribution in [0.4, 0.5) is 5.13 Å². The Labute approximate surface area is 280 Å². The first kappa shape index (κ1) is 39.2. The number of esters is 1. The van der Waals surface area contributed by atoms with Gasteiger partial charge in [-0.25, -0.2) is 23.1 Å². The molecule has 0 atom stereocenters. The average Bonchev–Trinajstić information content (AvgIpc) is 3.67.